The fourth-order valence-electron chi connectivity index (χ4n) is 2.23. The molecule has 0 bridgehead atoms. The quantitative estimate of drug-likeness (QED) is 0.653. The summed E-state index contributed by atoms with van der Waals surface area (Å²) in [5, 5.41) is 8.91. The number of hydrogen-bond donors (Lipinski definition) is 2. The van der Waals surface area contributed by atoms with Crippen molar-refractivity contribution in [2.75, 3.05) is 6.54 Å². The lowest BCUT2D eigenvalue weighted by Crippen LogP contribution is -2.36. The highest BCUT2D eigenvalue weighted by molar-refractivity contribution is 7.16. The number of amides is 2. The van der Waals surface area contributed by atoms with Gasteiger partial charge in [0, 0.05) is 20.8 Å². The second kappa shape index (κ2) is 8.44. The van der Waals surface area contributed by atoms with Crippen molar-refractivity contribution in [3.8, 4) is 10.6 Å². The average molecular weight is 406 g/mol. The van der Waals surface area contributed by atoms with Crippen molar-refractivity contribution in [1.82, 2.24) is 15.6 Å². The number of aromatic nitrogens is 1. The summed E-state index contributed by atoms with van der Waals surface area (Å²) in [5.74, 6) is -0.584. The molecule has 0 unspecified atom stereocenters. The number of nitrogens with zero attached hydrogens (tertiary/aromatic N) is 1. The number of thiophene rings is 1. The Morgan fingerprint density at radius 2 is 2.04 bits per heavy atom. The zero-order valence-electron chi connectivity index (χ0n) is 13.9. The number of halogens is 1. The van der Waals surface area contributed by atoms with Gasteiger partial charge in [-0.15, -0.1) is 22.7 Å². The zero-order valence-corrected chi connectivity index (χ0v) is 16.3. The van der Waals surface area contributed by atoms with Crippen LogP contribution < -0.4 is 10.6 Å². The maximum atomic E-state index is 12.0. The molecule has 0 aliphatic heterocycles. The lowest BCUT2D eigenvalue weighted by molar-refractivity contribution is -0.120. The van der Waals surface area contributed by atoms with E-state index in [0.29, 0.717) is 17.1 Å². The topological polar surface area (TPSA) is 71.1 Å². The van der Waals surface area contributed by atoms with E-state index in [9.17, 15) is 9.59 Å². The van der Waals surface area contributed by atoms with Gasteiger partial charge in [0.2, 0.25) is 5.91 Å². The van der Waals surface area contributed by atoms with Crippen LogP contribution in [0.2, 0.25) is 5.02 Å². The van der Waals surface area contributed by atoms with Crippen LogP contribution >= 0.6 is 34.3 Å². The molecule has 2 N–H and O–H groups in total. The summed E-state index contributed by atoms with van der Waals surface area (Å²) in [7, 11) is 0. The number of hydrogen-bond acceptors (Lipinski definition) is 5. The van der Waals surface area contributed by atoms with Gasteiger partial charge in [0.25, 0.3) is 5.91 Å². The second-order valence-corrected chi connectivity index (χ2v) is 8.15. The van der Waals surface area contributed by atoms with E-state index >= 15 is 0 Å². The van der Waals surface area contributed by atoms with Gasteiger partial charge in [-0.1, -0.05) is 17.7 Å². The highest BCUT2D eigenvalue weighted by Crippen LogP contribution is 2.28. The van der Waals surface area contributed by atoms with Crippen LogP contribution in [0.3, 0.4) is 0 Å². The van der Waals surface area contributed by atoms with Crippen LogP contribution in [0.25, 0.3) is 10.6 Å². The van der Waals surface area contributed by atoms with Gasteiger partial charge in [0.05, 0.1) is 28.7 Å². The lowest BCUT2D eigenvalue weighted by Gasteiger charge is -2.06. The highest BCUT2D eigenvalue weighted by atomic mass is 35.5. The largest absolute Gasteiger partial charge is 0.350 e. The van der Waals surface area contributed by atoms with Crippen LogP contribution in [-0.4, -0.2) is 23.3 Å². The Kier molecular flexibility index (Phi) is 6.03. The molecular weight excluding hydrogens is 390 g/mol. The lowest BCUT2D eigenvalue weighted by atomic mass is 10.2. The summed E-state index contributed by atoms with van der Waals surface area (Å²) in [6, 6.07) is 10.6. The summed E-state index contributed by atoms with van der Waals surface area (Å²) < 4.78 is 0. The summed E-state index contributed by atoms with van der Waals surface area (Å²) in [4.78, 5) is 30.5. The molecule has 134 valence electrons. The first-order valence-electron chi connectivity index (χ1n) is 7.83. The van der Waals surface area contributed by atoms with Crippen molar-refractivity contribution >= 4 is 46.1 Å². The molecular formula is C18H16ClN3O2S2. The third kappa shape index (κ3) is 4.91. The first-order chi connectivity index (χ1) is 12.5. The van der Waals surface area contributed by atoms with E-state index in [0.717, 1.165) is 20.5 Å². The summed E-state index contributed by atoms with van der Waals surface area (Å²) in [6.07, 6.45) is 0. The highest BCUT2D eigenvalue weighted by Gasteiger charge is 2.10. The third-order valence-electron chi connectivity index (χ3n) is 3.49. The predicted molar refractivity (Wildman–Crippen MR) is 106 cm³/mol. The molecule has 26 heavy (non-hydrogen) atoms. The summed E-state index contributed by atoms with van der Waals surface area (Å²) in [5.41, 5.74) is 1.38. The smallest absolute Gasteiger partial charge is 0.251 e. The molecule has 0 aliphatic rings. The van der Waals surface area contributed by atoms with Gasteiger partial charge in [-0.3, -0.25) is 9.59 Å². The number of carbonyl (C=O) groups is 2. The SMILES string of the molecule is Cc1nc(-c2ccc(CNC(=O)CNC(=O)c3cccc(Cl)c3)s2)cs1. The molecule has 2 aromatic heterocycles. The average Bonchev–Trinajstić information content (AvgIpc) is 3.26. The van der Waals surface area contributed by atoms with Crippen LogP contribution in [0.4, 0.5) is 0 Å². The standard InChI is InChI=1S/C18H16ClN3O2S2/c1-11-22-15(10-25-11)16-6-5-14(26-16)8-20-17(23)9-21-18(24)12-3-2-4-13(19)7-12/h2-7,10H,8-9H2,1H3,(H,20,23)(H,21,24). The van der Waals surface area contributed by atoms with Gasteiger partial charge >= 0.3 is 0 Å². The molecule has 2 heterocycles. The summed E-state index contributed by atoms with van der Waals surface area (Å²) in [6.45, 7) is 2.30. The Balaban J connectivity index is 1.47. The molecule has 0 atom stereocenters. The monoisotopic (exact) mass is 405 g/mol. The predicted octanol–water partition coefficient (Wildman–Crippen LogP) is 3.88. The van der Waals surface area contributed by atoms with Crippen LogP contribution in [0.5, 0.6) is 0 Å². The van der Waals surface area contributed by atoms with Gasteiger partial charge in [0.1, 0.15) is 0 Å². The van der Waals surface area contributed by atoms with Crippen molar-refractivity contribution in [2.45, 2.75) is 13.5 Å². The maximum Gasteiger partial charge on any atom is 0.251 e. The van der Waals surface area contributed by atoms with E-state index in [-0.39, 0.29) is 18.4 Å². The fraction of sp³-hybridized carbons (Fsp3) is 0.167. The van der Waals surface area contributed by atoms with Gasteiger partial charge in [-0.2, -0.15) is 0 Å². The number of aryl methyl sites for hydroxylation is 1. The van der Waals surface area contributed by atoms with Crippen molar-refractivity contribution in [2.24, 2.45) is 0 Å². The molecule has 0 aliphatic carbocycles. The Morgan fingerprint density at radius 3 is 2.77 bits per heavy atom. The van der Waals surface area contributed by atoms with E-state index < -0.39 is 0 Å². The van der Waals surface area contributed by atoms with E-state index in [2.05, 4.69) is 15.6 Å². The molecule has 0 radical (unpaired) electrons. The van der Waals surface area contributed by atoms with E-state index in [4.69, 9.17) is 11.6 Å². The molecule has 0 saturated heterocycles. The first-order valence-corrected chi connectivity index (χ1v) is 9.90. The maximum absolute atomic E-state index is 12.0. The van der Waals surface area contributed by atoms with Crippen molar-refractivity contribution < 1.29 is 9.59 Å². The molecule has 0 saturated carbocycles. The van der Waals surface area contributed by atoms with Gasteiger partial charge in [-0.05, 0) is 37.3 Å². The van der Waals surface area contributed by atoms with E-state index in [1.807, 2.05) is 24.4 Å². The molecule has 3 rings (SSSR count). The second-order valence-electron chi connectivity index (χ2n) is 5.49. The van der Waals surface area contributed by atoms with Crippen LogP contribution in [0.1, 0.15) is 20.2 Å². The van der Waals surface area contributed by atoms with Gasteiger partial charge in [-0.25, -0.2) is 4.98 Å². The molecule has 0 spiro atoms. The number of carbonyl (C=O) groups excluding carboxylic acids is 2. The molecule has 0 fully saturated rings. The number of thiazole rings is 1. The Morgan fingerprint density at radius 1 is 1.19 bits per heavy atom. The molecule has 2 amide bonds. The van der Waals surface area contributed by atoms with Gasteiger partial charge in [0.15, 0.2) is 0 Å². The Hall–Kier alpha value is -2.22. The number of rotatable bonds is 6. The molecule has 8 heteroatoms. The normalized spacial score (nSPS) is 10.5. The minimum atomic E-state index is -0.333. The molecule has 1 aromatic carbocycles. The minimum absolute atomic E-state index is 0.0884. The third-order valence-corrected chi connectivity index (χ3v) is 5.61. The Labute approximate surface area is 164 Å². The van der Waals surface area contributed by atoms with Crippen molar-refractivity contribution in [3.05, 3.63) is 62.2 Å². The van der Waals surface area contributed by atoms with Crippen LogP contribution in [0, 0.1) is 6.92 Å². The van der Waals surface area contributed by atoms with Gasteiger partial charge < -0.3 is 10.6 Å². The Bertz CT molecular complexity index is 936. The molecule has 3 aromatic rings. The number of nitrogens with one attached hydrogen (secondary N) is 2. The van der Waals surface area contributed by atoms with E-state index in [1.54, 1.807) is 46.9 Å². The van der Waals surface area contributed by atoms with Crippen molar-refractivity contribution in [3.63, 3.8) is 0 Å². The fourth-order valence-corrected chi connectivity index (χ4v) is 4.01. The molecule has 5 nitrogen and oxygen atoms in total. The number of benzene rings is 1. The minimum Gasteiger partial charge on any atom is -0.350 e. The summed E-state index contributed by atoms with van der Waals surface area (Å²) >= 11 is 9.06. The van der Waals surface area contributed by atoms with Crippen molar-refractivity contribution in [1.29, 1.82) is 0 Å². The van der Waals surface area contributed by atoms with Crippen LogP contribution in [0.15, 0.2) is 41.8 Å². The zero-order chi connectivity index (χ0) is 18.5. The van der Waals surface area contributed by atoms with E-state index in [1.165, 1.54) is 0 Å². The first kappa shape index (κ1) is 18.6. The van der Waals surface area contributed by atoms with Crippen LogP contribution in [-0.2, 0) is 11.3 Å².